The van der Waals surface area contributed by atoms with Crippen LogP contribution in [0.25, 0.3) is 0 Å². The summed E-state index contributed by atoms with van der Waals surface area (Å²) in [4.78, 5) is 37.9. The van der Waals surface area contributed by atoms with E-state index in [0.29, 0.717) is 10.6 Å². The topological polar surface area (TPSA) is 51.2 Å². The van der Waals surface area contributed by atoms with Crippen molar-refractivity contribution in [2.45, 2.75) is 25.7 Å². The zero-order valence-corrected chi connectivity index (χ0v) is 15.1. The van der Waals surface area contributed by atoms with Gasteiger partial charge in [-0.3, -0.25) is 14.4 Å². The number of carbonyl (C=O) groups is 3. The van der Waals surface area contributed by atoms with E-state index in [1.165, 1.54) is 6.07 Å². The number of hydrogen-bond donors (Lipinski definition) is 0. The molecule has 5 heteroatoms. The van der Waals surface area contributed by atoms with Gasteiger partial charge in [0.05, 0.1) is 5.02 Å². The molecule has 0 bridgehead atoms. The number of Topliss-reactive ketones (excluding diaryl/α,β-unsaturated/α-hetero) is 3. The van der Waals surface area contributed by atoms with E-state index in [0.717, 1.165) is 5.56 Å². The third kappa shape index (κ3) is 3.39. The molecule has 0 atom stereocenters. The second kappa shape index (κ2) is 7.11. The Labute approximate surface area is 155 Å². The number of benzene rings is 2. The zero-order chi connectivity index (χ0) is 18.1. The van der Waals surface area contributed by atoms with Crippen LogP contribution in [-0.2, 0) is 9.59 Å². The van der Waals surface area contributed by atoms with Gasteiger partial charge in [0, 0.05) is 23.4 Å². The highest BCUT2D eigenvalue weighted by Crippen LogP contribution is 2.35. The SMILES string of the molecule is Cc1c(Cl)ccc(C(=O)C2C(=O)CC(c3ccccc3)CC2=O)c1Cl. The molecule has 0 aromatic heterocycles. The molecule has 2 aromatic carbocycles. The molecule has 1 saturated carbocycles. The molecular formula is C20H16Cl2O3. The van der Waals surface area contributed by atoms with Gasteiger partial charge >= 0.3 is 0 Å². The zero-order valence-electron chi connectivity index (χ0n) is 13.6. The highest BCUT2D eigenvalue weighted by atomic mass is 35.5. The first kappa shape index (κ1) is 17.8. The van der Waals surface area contributed by atoms with Crippen LogP contribution in [0, 0.1) is 12.8 Å². The number of hydrogen-bond acceptors (Lipinski definition) is 3. The molecular weight excluding hydrogens is 359 g/mol. The third-order valence-corrected chi connectivity index (χ3v) is 5.55. The summed E-state index contributed by atoms with van der Waals surface area (Å²) in [5.41, 5.74) is 1.68. The second-order valence-electron chi connectivity index (χ2n) is 6.28. The molecule has 25 heavy (non-hydrogen) atoms. The van der Waals surface area contributed by atoms with E-state index in [9.17, 15) is 14.4 Å². The van der Waals surface area contributed by atoms with Crippen molar-refractivity contribution in [2.75, 3.05) is 0 Å². The van der Waals surface area contributed by atoms with Crippen LogP contribution < -0.4 is 0 Å². The van der Waals surface area contributed by atoms with E-state index in [2.05, 4.69) is 0 Å². The predicted octanol–water partition coefficient (Wildman–Crippen LogP) is 4.82. The van der Waals surface area contributed by atoms with Gasteiger partial charge < -0.3 is 0 Å². The quantitative estimate of drug-likeness (QED) is 0.571. The van der Waals surface area contributed by atoms with Crippen LogP contribution in [0.1, 0.15) is 40.2 Å². The summed E-state index contributed by atoms with van der Waals surface area (Å²) in [5, 5.41) is 0.635. The molecule has 0 unspecified atom stereocenters. The van der Waals surface area contributed by atoms with E-state index < -0.39 is 11.7 Å². The van der Waals surface area contributed by atoms with Crippen molar-refractivity contribution >= 4 is 40.6 Å². The van der Waals surface area contributed by atoms with E-state index in [-0.39, 0.29) is 40.9 Å². The van der Waals surface area contributed by atoms with Crippen LogP contribution in [0.4, 0.5) is 0 Å². The second-order valence-corrected chi connectivity index (χ2v) is 7.06. The molecule has 1 fully saturated rings. The minimum absolute atomic E-state index is 0.173. The van der Waals surface area contributed by atoms with Gasteiger partial charge in [-0.15, -0.1) is 0 Å². The summed E-state index contributed by atoms with van der Waals surface area (Å²) < 4.78 is 0. The first-order chi connectivity index (χ1) is 11.9. The van der Waals surface area contributed by atoms with Crippen molar-refractivity contribution in [2.24, 2.45) is 5.92 Å². The van der Waals surface area contributed by atoms with E-state index >= 15 is 0 Å². The minimum Gasteiger partial charge on any atom is -0.298 e. The van der Waals surface area contributed by atoms with Crippen LogP contribution in [0.15, 0.2) is 42.5 Å². The maximum atomic E-state index is 12.8. The van der Waals surface area contributed by atoms with Gasteiger partial charge in [0.25, 0.3) is 0 Å². The highest BCUT2D eigenvalue weighted by molar-refractivity contribution is 6.39. The van der Waals surface area contributed by atoms with Gasteiger partial charge in [-0.1, -0.05) is 53.5 Å². The number of rotatable bonds is 3. The van der Waals surface area contributed by atoms with Crippen LogP contribution in [-0.4, -0.2) is 17.3 Å². The summed E-state index contributed by atoms with van der Waals surface area (Å²) >= 11 is 12.2. The molecule has 1 aliphatic carbocycles. The number of carbonyl (C=O) groups excluding carboxylic acids is 3. The van der Waals surface area contributed by atoms with Crippen LogP contribution in [0.2, 0.25) is 10.0 Å². The van der Waals surface area contributed by atoms with Crippen molar-refractivity contribution in [3.63, 3.8) is 0 Å². The fourth-order valence-corrected chi connectivity index (χ4v) is 3.70. The van der Waals surface area contributed by atoms with E-state index in [4.69, 9.17) is 23.2 Å². The first-order valence-corrected chi connectivity index (χ1v) is 8.75. The van der Waals surface area contributed by atoms with Crippen molar-refractivity contribution in [1.82, 2.24) is 0 Å². The summed E-state index contributed by atoms with van der Waals surface area (Å²) in [6, 6.07) is 12.5. The Morgan fingerprint density at radius 3 is 2.16 bits per heavy atom. The minimum atomic E-state index is -1.27. The van der Waals surface area contributed by atoms with Crippen LogP contribution >= 0.6 is 23.2 Å². The Hall–Kier alpha value is -1.97. The lowest BCUT2D eigenvalue weighted by atomic mass is 9.74. The average molecular weight is 375 g/mol. The van der Waals surface area contributed by atoms with Gasteiger partial charge in [0.2, 0.25) is 0 Å². The highest BCUT2D eigenvalue weighted by Gasteiger charge is 2.41. The summed E-state index contributed by atoms with van der Waals surface area (Å²) in [6.07, 6.45) is 0.354. The summed E-state index contributed by atoms with van der Waals surface area (Å²) in [6.45, 7) is 1.69. The Morgan fingerprint density at radius 1 is 0.960 bits per heavy atom. The maximum Gasteiger partial charge on any atom is 0.182 e. The average Bonchev–Trinajstić information content (AvgIpc) is 2.60. The van der Waals surface area contributed by atoms with Crippen molar-refractivity contribution in [1.29, 1.82) is 0 Å². The Balaban J connectivity index is 1.87. The van der Waals surface area contributed by atoms with E-state index in [1.807, 2.05) is 30.3 Å². The molecule has 1 aliphatic rings. The molecule has 0 spiro atoms. The summed E-state index contributed by atoms with van der Waals surface area (Å²) in [7, 11) is 0. The fraction of sp³-hybridized carbons (Fsp3) is 0.250. The van der Waals surface area contributed by atoms with Gasteiger partial charge in [0.15, 0.2) is 17.3 Å². The van der Waals surface area contributed by atoms with Crippen molar-refractivity contribution in [3.05, 3.63) is 69.2 Å². The molecule has 128 valence electrons. The van der Waals surface area contributed by atoms with Crippen molar-refractivity contribution in [3.8, 4) is 0 Å². The maximum absolute atomic E-state index is 12.8. The normalized spacial score (nSPS) is 20.6. The fourth-order valence-electron chi connectivity index (χ4n) is 3.23. The molecule has 0 heterocycles. The Kier molecular flexibility index (Phi) is 5.07. The molecule has 3 nitrogen and oxygen atoms in total. The monoisotopic (exact) mass is 374 g/mol. The van der Waals surface area contributed by atoms with Gasteiger partial charge in [0.1, 0.15) is 5.92 Å². The van der Waals surface area contributed by atoms with Gasteiger partial charge in [-0.2, -0.15) is 0 Å². The lowest BCUT2D eigenvalue weighted by molar-refractivity contribution is -0.133. The predicted molar refractivity (Wildman–Crippen MR) is 97.5 cm³/mol. The largest absolute Gasteiger partial charge is 0.298 e. The molecule has 0 radical (unpaired) electrons. The third-order valence-electron chi connectivity index (χ3n) is 4.66. The molecule has 0 aliphatic heterocycles. The van der Waals surface area contributed by atoms with Gasteiger partial charge in [-0.25, -0.2) is 0 Å². The number of halogens is 2. The number of ketones is 3. The molecule has 2 aromatic rings. The first-order valence-electron chi connectivity index (χ1n) is 7.99. The molecule has 3 rings (SSSR count). The van der Waals surface area contributed by atoms with Crippen molar-refractivity contribution < 1.29 is 14.4 Å². The molecule has 0 saturated heterocycles. The lowest BCUT2D eigenvalue weighted by Crippen LogP contribution is -2.38. The van der Waals surface area contributed by atoms with Gasteiger partial charge in [-0.05, 0) is 36.1 Å². The lowest BCUT2D eigenvalue weighted by Gasteiger charge is -2.26. The standard InChI is InChI=1S/C20H16Cl2O3/c1-11-15(21)8-7-14(19(11)22)20(25)18-16(23)9-13(10-17(18)24)12-5-3-2-4-6-12/h2-8,13,18H,9-10H2,1H3. The molecule has 0 N–H and O–H groups in total. The van der Waals surface area contributed by atoms with E-state index in [1.54, 1.807) is 13.0 Å². The smallest absolute Gasteiger partial charge is 0.182 e. The van der Waals surface area contributed by atoms with Crippen LogP contribution in [0.3, 0.4) is 0 Å². The van der Waals surface area contributed by atoms with Crippen LogP contribution in [0.5, 0.6) is 0 Å². The Morgan fingerprint density at radius 2 is 1.56 bits per heavy atom. The molecule has 0 amide bonds. The Bertz CT molecular complexity index is 841. The summed E-state index contributed by atoms with van der Waals surface area (Å²) in [5.74, 6) is -2.67.